The fourth-order valence-electron chi connectivity index (χ4n) is 0.704. The van der Waals surface area contributed by atoms with Crippen molar-refractivity contribution in [3.63, 3.8) is 0 Å². The van der Waals surface area contributed by atoms with E-state index in [1.807, 2.05) is 6.08 Å². The summed E-state index contributed by atoms with van der Waals surface area (Å²) in [6, 6.07) is 0. The van der Waals surface area contributed by atoms with Crippen LogP contribution in [0.2, 0.25) is 19.6 Å². The SMILES string of the molecule is C[Si](C)(C)/C=C\CCOS(C)(=O)=O. The zero-order valence-corrected chi connectivity index (χ0v) is 10.5. The van der Waals surface area contributed by atoms with Gasteiger partial charge in [-0.1, -0.05) is 31.4 Å². The molecular formula is C8H18O3SSi. The lowest BCUT2D eigenvalue weighted by atomic mass is 10.5. The van der Waals surface area contributed by atoms with Gasteiger partial charge in [-0.05, 0) is 6.42 Å². The molecule has 13 heavy (non-hydrogen) atoms. The summed E-state index contributed by atoms with van der Waals surface area (Å²) in [5, 5.41) is 0. The highest BCUT2D eigenvalue weighted by molar-refractivity contribution is 7.85. The maximum Gasteiger partial charge on any atom is 0.264 e. The van der Waals surface area contributed by atoms with Gasteiger partial charge < -0.3 is 0 Å². The molecule has 0 saturated carbocycles. The van der Waals surface area contributed by atoms with Crippen LogP contribution in [0.1, 0.15) is 6.42 Å². The van der Waals surface area contributed by atoms with Crippen molar-refractivity contribution < 1.29 is 12.6 Å². The first-order chi connectivity index (χ1) is 5.71. The summed E-state index contributed by atoms with van der Waals surface area (Å²) in [6.07, 6.45) is 3.73. The van der Waals surface area contributed by atoms with Gasteiger partial charge in [-0.3, -0.25) is 4.18 Å². The molecule has 0 atom stereocenters. The normalized spacial score (nSPS) is 13.8. The Morgan fingerprint density at radius 3 is 2.23 bits per heavy atom. The summed E-state index contributed by atoms with van der Waals surface area (Å²) in [5.41, 5.74) is 2.18. The van der Waals surface area contributed by atoms with Crippen molar-refractivity contribution in [3.05, 3.63) is 11.8 Å². The smallest absolute Gasteiger partial charge is 0.264 e. The molecule has 0 N–H and O–H groups in total. The molecule has 0 saturated heterocycles. The number of hydrogen-bond donors (Lipinski definition) is 0. The Morgan fingerprint density at radius 1 is 1.31 bits per heavy atom. The van der Waals surface area contributed by atoms with E-state index >= 15 is 0 Å². The minimum atomic E-state index is -3.26. The molecule has 0 heterocycles. The Kier molecular flexibility index (Phi) is 4.88. The van der Waals surface area contributed by atoms with Crippen LogP contribution in [0.5, 0.6) is 0 Å². The molecule has 5 heteroatoms. The van der Waals surface area contributed by atoms with Gasteiger partial charge in [0.25, 0.3) is 10.1 Å². The second kappa shape index (κ2) is 4.93. The first-order valence-corrected chi connectivity index (χ1v) is 9.62. The summed E-state index contributed by atoms with van der Waals surface area (Å²) >= 11 is 0. The van der Waals surface area contributed by atoms with Crippen LogP contribution in [0.3, 0.4) is 0 Å². The van der Waals surface area contributed by atoms with Crippen LogP contribution in [0.15, 0.2) is 11.8 Å². The number of hydrogen-bond acceptors (Lipinski definition) is 3. The Bertz CT molecular complexity index is 262. The molecule has 0 aliphatic rings. The summed E-state index contributed by atoms with van der Waals surface area (Å²) in [4.78, 5) is 0. The summed E-state index contributed by atoms with van der Waals surface area (Å²) in [6.45, 7) is 6.92. The van der Waals surface area contributed by atoms with Gasteiger partial charge in [-0.25, -0.2) is 0 Å². The van der Waals surface area contributed by atoms with Gasteiger partial charge in [0.1, 0.15) is 0 Å². The maximum atomic E-state index is 10.6. The predicted octanol–water partition coefficient (Wildman–Crippen LogP) is 1.79. The lowest BCUT2D eigenvalue weighted by Crippen LogP contribution is -2.15. The van der Waals surface area contributed by atoms with E-state index in [0.29, 0.717) is 6.42 Å². The molecule has 0 radical (unpaired) electrons. The van der Waals surface area contributed by atoms with Crippen LogP contribution in [-0.2, 0) is 14.3 Å². The van der Waals surface area contributed by atoms with Crippen molar-refractivity contribution in [1.82, 2.24) is 0 Å². The molecule has 0 spiro atoms. The van der Waals surface area contributed by atoms with Crippen LogP contribution in [0.4, 0.5) is 0 Å². The monoisotopic (exact) mass is 222 g/mol. The average Bonchev–Trinajstić information content (AvgIpc) is 1.81. The minimum Gasteiger partial charge on any atom is -0.270 e. The molecule has 0 aliphatic carbocycles. The van der Waals surface area contributed by atoms with Gasteiger partial charge in [-0.2, -0.15) is 8.42 Å². The van der Waals surface area contributed by atoms with E-state index in [2.05, 4.69) is 29.5 Å². The minimum absolute atomic E-state index is 0.250. The van der Waals surface area contributed by atoms with Crippen LogP contribution < -0.4 is 0 Å². The molecule has 0 unspecified atom stereocenters. The Balaban J connectivity index is 3.65. The van der Waals surface area contributed by atoms with Gasteiger partial charge >= 0.3 is 0 Å². The van der Waals surface area contributed by atoms with Gasteiger partial charge in [0.2, 0.25) is 0 Å². The topological polar surface area (TPSA) is 43.4 Å². The van der Waals surface area contributed by atoms with E-state index in [-0.39, 0.29) is 6.61 Å². The second-order valence-electron chi connectivity index (χ2n) is 4.08. The molecule has 0 rings (SSSR count). The predicted molar refractivity (Wildman–Crippen MR) is 57.9 cm³/mol. The third-order valence-electron chi connectivity index (χ3n) is 1.20. The third kappa shape index (κ3) is 11.9. The van der Waals surface area contributed by atoms with Crippen LogP contribution in [0, 0.1) is 0 Å². The summed E-state index contributed by atoms with van der Waals surface area (Å²) < 4.78 is 25.7. The Hall–Kier alpha value is -0.133. The molecule has 0 fully saturated rings. The Morgan fingerprint density at radius 2 is 1.85 bits per heavy atom. The highest BCUT2D eigenvalue weighted by atomic mass is 32.2. The van der Waals surface area contributed by atoms with Crippen molar-refractivity contribution in [1.29, 1.82) is 0 Å². The van der Waals surface area contributed by atoms with Crippen LogP contribution in [-0.4, -0.2) is 29.4 Å². The zero-order valence-electron chi connectivity index (χ0n) is 8.70. The fourth-order valence-corrected chi connectivity index (χ4v) is 1.98. The lowest BCUT2D eigenvalue weighted by Gasteiger charge is -2.07. The molecule has 0 aromatic carbocycles. The van der Waals surface area contributed by atoms with Gasteiger partial charge in [0.15, 0.2) is 0 Å². The molecule has 0 aromatic rings. The fraction of sp³-hybridized carbons (Fsp3) is 0.750. The first kappa shape index (κ1) is 12.9. The highest BCUT2D eigenvalue weighted by Gasteiger charge is 2.06. The standard InChI is InChI=1S/C8H18O3SSi/c1-12(9,10)11-7-5-6-8-13(2,3)4/h6,8H,5,7H2,1-4H3/b8-6-. The van der Waals surface area contributed by atoms with Crippen LogP contribution in [0.25, 0.3) is 0 Å². The molecule has 0 aliphatic heterocycles. The molecule has 0 bridgehead atoms. The van der Waals surface area contributed by atoms with E-state index in [0.717, 1.165) is 6.26 Å². The highest BCUT2D eigenvalue weighted by Crippen LogP contribution is 2.02. The van der Waals surface area contributed by atoms with E-state index < -0.39 is 18.2 Å². The summed E-state index contributed by atoms with van der Waals surface area (Å²) in [7, 11) is -4.40. The van der Waals surface area contributed by atoms with Crippen molar-refractivity contribution in [2.45, 2.75) is 26.1 Å². The largest absolute Gasteiger partial charge is 0.270 e. The second-order valence-corrected chi connectivity index (χ2v) is 10.8. The van der Waals surface area contributed by atoms with Gasteiger partial charge in [-0.15, -0.1) is 0 Å². The van der Waals surface area contributed by atoms with E-state index in [4.69, 9.17) is 0 Å². The van der Waals surface area contributed by atoms with Crippen molar-refractivity contribution >= 4 is 18.2 Å². The maximum absolute atomic E-state index is 10.6. The molecular weight excluding hydrogens is 204 g/mol. The van der Waals surface area contributed by atoms with E-state index in [9.17, 15) is 8.42 Å². The first-order valence-electron chi connectivity index (χ1n) is 4.23. The average molecular weight is 222 g/mol. The van der Waals surface area contributed by atoms with Gasteiger partial charge in [0, 0.05) is 0 Å². The van der Waals surface area contributed by atoms with Gasteiger partial charge in [0.05, 0.1) is 20.9 Å². The molecule has 0 amide bonds. The Labute approximate surface area is 81.9 Å². The molecule has 78 valence electrons. The van der Waals surface area contributed by atoms with Crippen molar-refractivity contribution in [2.24, 2.45) is 0 Å². The molecule has 3 nitrogen and oxygen atoms in total. The van der Waals surface area contributed by atoms with E-state index in [1.165, 1.54) is 0 Å². The summed E-state index contributed by atoms with van der Waals surface area (Å²) in [5.74, 6) is 0. The van der Waals surface area contributed by atoms with Crippen molar-refractivity contribution in [2.75, 3.05) is 12.9 Å². The van der Waals surface area contributed by atoms with Crippen molar-refractivity contribution in [3.8, 4) is 0 Å². The lowest BCUT2D eigenvalue weighted by molar-refractivity contribution is 0.328. The quantitative estimate of drug-likeness (QED) is 0.404. The van der Waals surface area contributed by atoms with E-state index in [1.54, 1.807) is 0 Å². The van der Waals surface area contributed by atoms with Crippen LogP contribution >= 0.6 is 0 Å². The third-order valence-corrected chi connectivity index (χ3v) is 3.03. The molecule has 0 aromatic heterocycles. The zero-order chi connectivity index (χ0) is 10.5. The number of rotatable bonds is 5.